The summed E-state index contributed by atoms with van der Waals surface area (Å²) >= 11 is 0. The largest absolute Gasteiger partial charge is 0.505 e. The van der Waals surface area contributed by atoms with Crippen molar-refractivity contribution in [1.82, 2.24) is 0 Å². The van der Waals surface area contributed by atoms with Gasteiger partial charge in [-0.3, -0.25) is 0 Å². The minimum Gasteiger partial charge on any atom is -0.505 e. The van der Waals surface area contributed by atoms with Gasteiger partial charge in [0.1, 0.15) is 0 Å². The number of ether oxygens (including phenoxy) is 1. The Morgan fingerprint density at radius 2 is 1.61 bits per heavy atom. The van der Waals surface area contributed by atoms with Gasteiger partial charge in [0.05, 0.1) is 7.11 Å². The summed E-state index contributed by atoms with van der Waals surface area (Å²) in [5.41, 5.74) is 1.43. The van der Waals surface area contributed by atoms with Gasteiger partial charge in [0.15, 0.2) is 29.0 Å². The van der Waals surface area contributed by atoms with E-state index in [1.807, 2.05) is 19.9 Å². The molecule has 0 saturated carbocycles. The number of allylic oxidation sites excluding steroid dienone is 2. The summed E-state index contributed by atoms with van der Waals surface area (Å²) in [5, 5.41) is 8.49. The number of phenols is 1. The fourth-order valence-corrected chi connectivity index (χ4v) is 1.69. The number of hydrogen-bond donors (Lipinski definition) is 1. The number of phenolic OH excluding ortho intramolecular Hbond substituents is 1. The van der Waals surface area contributed by atoms with Crippen LogP contribution in [0, 0.1) is 23.3 Å². The number of hydrogen-bond acceptors (Lipinski definition) is 2. The second-order valence-electron chi connectivity index (χ2n) is 4.49. The van der Waals surface area contributed by atoms with Gasteiger partial charge in [-0.05, 0) is 43.7 Å². The first kappa shape index (κ1) is 18.5. The summed E-state index contributed by atoms with van der Waals surface area (Å²) < 4.78 is 55.0. The Labute approximate surface area is 131 Å². The van der Waals surface area contributed by atoms with Crippen LogP contribution >= 0.6 is 0 Å². The Hall–Kier alpha value is -2.50. The molecule has 0 saturated heterocycles. The molecule has 6 heteroatoms. The van der Waals surface area contributed by atoms with Crippen molar-refractivity contribution >= 4 is 5.57 Å². The molecule has 0 spiro atoms. The van der Waals surface area contributed by atoms with Crippen molar-refractivity contribution < 1.29 is 27.4 Å². The van der Waals surface area contributed by atoms with Crippen LogP contribution in [0.1, 0.15) is 19.4 Å². The lowest BCUT2D eigenvalue weighted by Gasteiger charge is -2.09. The van der Waals surface area contributed by atoms with Gasteiger partial charge in [0.2, 0.25) is 5.82 Å². The SMILES string of the molecule is CC=C(C)c1ccc(F)c(F)c1OC.Oc1cccc(F)c1F. The van der Waals surface area contributed by atoms with Crippen LogP contribution in [0.2, 0.25) is 0 Å². The third-order valence-corrected chi connectivity index (χ3v) is 3.04. The molecule has 0 unspecified atom stereocenters. The molecule has 23 heavy (non-hydrogen) atoms. The smallest absolute Gasteiger partial charge is 0.201 e. The van der Waals surface area contributed by atoms with Crippen LogP contribution in [0.25, 0.3) is 5.57 Å². The van der Waals surface area contributed by atoms with Crippen LogP contribution in [0.4, 0.5) is 17.6 Å². The van der Waals surface area contributed by atoms with E-state index in [-0.39, 0.29) is 5.75 Å². The summed E-state index contributed by atoms with van der Waals surface area (Å²) in [4.78, 5) is 0. The molecular weight excluding hydrogens is 312 g/mol. The third-order valence-electron chi connectivity index (χ3n) is 3.04. The van der Waals surface area contributed by atoms with Gasteiger partial charge in [-0.2, -0.15) is 8.78 Å². The lowest BCUT2D eigenvalue weighted by atomic mass is 10.1. The van der Waals surface area contributed by atoms with Crippen molar-refractivity contribution in [2.75, 3.05) is 7.11 Å². The maximum absolute atomic E-state index is 13.2. The molecular formula is C17H16F4O2. The Morgan fingerprint density at radius 3 is 2.09 bits per heavy atom. The zero-order valence-electron chi connectivity index (χ0n) is 12.8. The summed E-state index contributed by atoms with van der Waals surface area (Å²) in [7, 11) is 1.32. The van der Waals surface area contributed by atoms with Crippen LogP contribution in [0.3, 0.4) is 0 Å². The Kier molecular flexibility index (Phi) is 6.63. The molecule has 2 aromatic carbocycles. The molecule has 0 bridgehead atoms. The highest BCUT2D eigenvalue weighted by Gasteiger charge is 2.14. The predicted molar refractivity (Wildman–Crippen MR) is 80.3 cm³/mol. The monoisotopic (exact) mass is 328 g/mol. The Balaban J connectivity index is 0.000000253. The highest BCUT2D eigenvalue weighted by atomic mass is 19.2. The van der Waals surface area contributed by atoms with Crippen molar-refractivity contribution in [2.45, 2.75) is 13.8 Å². The van der Waals surface area contributed by atoms with Crippen LogP contribution in [-0.2, 0) is 0 Å². The Morgan fingerprint density at radius 1 is 1.00 bits per heavy atom. The van der Waals surface area contributed by atoms with E-state index >= 15 is 0 Å². The van der Waals surface area contributed by atoms with Crippen molar-refractivity contribution in [2.24, 2.45) is 0 Å². The molecule has 0 aliphatic heterocycles. The first-order valence-electron chi connectivity index (χ1n) is 6.61. The molecule has 0 atom stereocenters. The molecule has 0 aliphatic rings. The highest BCUT2D eigenvalue weighted by molar-refractivity contribution is 5.69. The number of benzene rings is 2. The van der Waals surface area contributed by atoms with Crippen LogP contribution in [0.5, 0.6) is 11.5 Å². The fourth-order valence-electron chi connectivity index (χ4n) is 1.69. The molecule has 124 valence electrons. The lowest BCUT2D eigenvalue weighted by molar-refractivity contribution is 0.370. The maximum atomic E-state index is 13.2. The molecule has 0 aliphatic carbocycles. The van der Waals surface area contributed by atoms with Crippen molar-refractivity contribution in [1.29, 1.82) is 0 Å². The molecule has 0 aromatic heterocycles. The first-order valence-corrected chi connectivity index (χ1v) is 6.61. The standard InChI is InChI=1S/C11H12F2O.C6H4F2O/c1-4-7(2)8-5-6-9(12)10(13)11(8)14-3;7-4-2-1-3-5(9)6(4)8/h4-6H,1-3H3;1-3,9H. The maximum Gasteiger partial charge on any atom is 0.201 e. The second-order valence-corrected chi connectivity index (χ2v) is 4.49. The molecule has 2 rings (SSSR count). The van der Waals surface area contributed by atoms with Crippen LogP contribution < -0.4 is 4.74 Å². The number of aromatic hydroxyl groups is 1. The minimum atomic E-state index is -1.20. The van der Waals surface area contributed by atoms with Crippen LogP contribution in [-0.4, -0.2) is 12.2 Å². The van der Waals surface area contributed by atoms with Crippen molar-refractivity contribution in [3.63, 3.8) is 0 Å². The van der Waals surface area contributed by atoms with E-state index in [4.69, 9.17) is 9.84 Å². The quantitative estimate of drug-likeness (QED) is 0.780. The number of rotatable bonds is 2. The molecule has 2 aromatic rings. The zero-order valence-corrected chi connectivity index (χ0v) is 12.8. The first-order chi connectivity index (χ1) is 10.8. The topological polar surface area (TPSA) is 29.5 Å². The van der Waals surface area contributed by atoms with E-state index in [1.54, 1.807) is 0 Å². The van der Waals surface area contributed by atoms with Gasteiger partial charge in [-0.25, -0.2) is 8.78 Å². The minimum absolute atomic E-state index is 0.0411. The number of methoxy groups -OCH3 is 1. The van der Waals surface area contributed by atoms with Gasteiger partial charge < -0.3 is 9.84 Å². The third kappa shape index (κ3) is 4.48. The van der Waals surface area contributed by atoms with E-state index in [9.17, 15) is 17.6 Å². The summed E-state index contributed by atoms with van der Waals surface area (Å²) in [5.74, 6) is -4.76. The van der Waals surface area contributed by atoms with Gasteiger partial charge in [-0.15, -0.1) is 0 Å². The average molecular weight is 328 g/mol. The number of halogens is 4. The normalized spacial score (nSPS) is 10.8. The van der Waals surface area contributed by atoms with E-state index in [0.717, 1.165) is 23.8 Å². The average Bonchev–Trinajstić information content (AvgIpc) is 2.54. The Bertz CT molecular complexity index is 692. The van der Waals surface area contributed by atoms with Crippen molar-refractivity contribution in [3.8, 4) is 11.5 Å². The zero-order chi connectivity index (χ0) is 17.6. The van der Waals surface area contributed by atoms with Gasteiger partial charge in [-0.1, -0.05) is 12.1 Å². The van der Waals surface area contributed by atoms with Gasteiger partial charge in [0, 0.05) is 5.56 Å². The molecule has 0 heterocycles. The molecule has 1 N–H and O–H groups in total. The van der Waals surface area contributed by atoms with E-state index in [2.05, 4.69) is 0 Å². The van der Waals surface area contributed by atoms with E-state index < -0.39 is 29.0 Å². The van der Waals surface area contributed by atoms with E-state index in [0.29, 0.717) is 5.56 Å². The molecule has 0 amide bonds. The van der Waals surface area contributed by atoms with Crippen molar-refractivity contribution in [3.05, 3.63) is 65.2 Å². The molecule has 0 radical (unpaired) electrons. The molecule has 2 nitrogen and oxygen atoms in total. The highest BCUT2D eigenvalue weighted by Crippen LogP contribution is 2.29. The predicted octanol–water partition coefficient (Wildman–Crippen LogP) is 5.07. The lowest BCUT2D eigenvalue weighted by Crippen LogP contribution is -1.96. The summed E-state index contributed by atoms with van der Waals surface area (Å²) in [6.45, 7) is 3.64. The van der Waals surface area contributed by atoms with E-state index in [1.165, 1.54) is 19.2 Å². The van der Waals surface area contributed by atoms with Crippen LogP contribution in [0.15, 0.2) is 36.4 Å². The molecule has 0 fully saturated rings. The fraction of sp³-hybridized carbons (Fsp3) is 0.176. The second kappa shape index (κ2) is 8.22. The van der Waals surface area contributed by atoms with Gasteiger partial charge in [0.25, 0.3) is 0 Å². The van der Waals surface area contributed by atoms with Gasteiger partial charge >= 0.3 is 0 Å². The summed E-state index contributed by atoms with van der Waals surface area (Å²) in [6.07, 6.45) is 1.81. The summed E-state index contributed by atoms with van der Waals surface area (Å²) in [6, 6.07) is 5.86.